The molecule has 0 aliphatic rings. The number of ether oxygens (including phenoxy) is 2. The molecule has 148 valence electrons. The molecule has 0 aliphatic heterocycles. The Morgan fingerprint density at radius 3 is 1.80 bits per heavy atom. The predicted molar refractivity (Wildman–Crippen MR) is 102 cm³/mol. The van der Waals surface area contributed by atoms with Crippen LogP contribution in [0.15, 0.2) is 0 Å². The molecule has 4 nitrogen and oxygen atoms in total. The van der Waals surface area contributed by atoms with Crippen molar-refractivity contribution in [2.24, 2.45) is 0 Å². The standard InChI is InChI=1S/C21H40O4/c1-4-6-7-8-9-10-11-12-13-14-18-24-20(22)16-17-21(23)25-19(3)15-5-2/h19H,4-18H2,1-3H3. The van der Waals surface area contributed by atoms with Crippen LogP contribution in [0.5, 0.6) is 0 Å². The van der Waals surface area contributed by atoms with Crippen molar-refractivity contribution < 1.29 is 19.1 Å². The van der Waals surface area contributed by atoms with Crippen LogP contribution in [0.2, 0.25) is 0 Å². The quantitative estimate of drug-likeness (QED) is 0.238. The van der Waals surface area contributed by atoms with Gasteiger partial charge < -0.3 is 9.47 Å². The van der Waals surface area contributed by atoms with Crippen LogP contribution >= 0.6 is 0 Å². The minimum Gasteiger partial charge on any atom is -0.466 e. The van der Waals surface area contributed by atoms with Crippen LogP contribution in [0.25, 0.3) is 0 Å². The van der Waals surface area contributed by atoms with Crippen molar-refractivity contribution in [3.63, 3.8) is 0 Å². The van der Waals surface area contributed by atoms with E-state index in [1.807, 2.05) is 6.92 Å². The van der Waals surface area contributed by atoms with Crippen LogP contribution < -0.4 is 0 Å². The monoisotopic (exact) mass is 356 g/mol. The number of hydrogen-bond acceptors (Lipinski definition) is 4. The summed E-state index contributed by atoms with van der Waals surface area (Å²) in [6, 6.07) is 0. The van der Waals surface area contributed by atoms with Gasteiger partial charge in [-0.2, -0.15) is 0 Å². The van der Waals surface area contributed by atoms with Crippen molar-refractivity contribution >= 4 is 11.9 Å². The smallest absolute Gasteiger partial charge is 0.306 e. The first kappa shape index (κ1) is 23.9. The first-order valence-electron chi connectivity index (χ1n) is 10.4. The minimum atomic E-state index is -0.308. The summed E-state index contributed by atoms with van der Waals surface area (Å²) in [5.41, 5.74) is 0. The van der Waals surface area contributed by atoms with Crippen molar-refractivity contribution in [1.29, 1.82) is 0 Å². The fourth-order valence-electron chi connectivity index (χ4n) is 2.80. The van der Waals surface area contributed by atoms with Gasteiger partial charge in [-0.15, -0.1) is 0 Å². The lowest BCUT2D eigenvalue weighted by atomic mass is 10.1. The molecule has 1 unspecified atom stereocenters. The SMILES string of the molecule is CCCCCCCCCCCCOC(=O)CCC(=O)OC(C)CCC. The molecule has 0 aliphatic carbocycles. The van der Waals surface area contributed by atoms with Crippen LogP contribution in [0.3, 0.4) is 0 Å². The Bertz CT molecular complexity index is 328. The Labute approximate surface area is 155 Å². The predicted octanol–water partition coefficient (Wildman–Crippen LogP) is 5.96. The Kier molecular flexibility index (Phi) is 17.0. The summed E-state index contributed by atoms with van der Waals surface area (Å²) < 4.78 is 10.4. The Hall–Kier alpha value is -1.06. The van der Waals surface area contributed by atoms with Gasteiger partial charge in [0, 0.05) is 0 Å². The largest absolute Gasteiger partial charge is 0.466 e. The summed E-state index contributed by atoms with van der Waals surface area (Å²) in [7, 11) is 0. The topological polar surface area (TPSA) is 52.6 Å². The molecule has 0 heterocycles. The molecule has 4 heteroatoms. The average Bonchev–Trinajstić information content (AvgIpc) is 2.58. The highest BCUT2D eigenvalue weighted by molar-refractivity contribution is 5.77. The highest BCUT2D eigenvalue weighted by Gasteiger charge is 2.12. The van der Waals surface area contributed by atoms with Crippen molar-refractivity contribution in [2.45, 2.75) is 117 Å². The van der Waals surface area contributed by atoms with E-state index in [0.29, 0.717) is 6.61 Å². The molecule has 0 aromatic rings. The Morgan fingerprint density at radius 2 is 1.24 bits per heavy atom. The van der Waals surface area contributed by atoms with Gasteiger partial charge in [-0.25, -0.2) is 0 Å². The van der Waals surface area contributed by atoms with Gasteiger partial charge in [-0.3, -0.25) is 9.59 Å². The second-order valence-corrected chi connectivity index (χ2v) is 6.99. The van der Waals surface area contributed by atoms with Gasteiger partial charge in [0.2, 0.25) is 0 Å². The normalized spacial score (nSPS) is 12.0. The van der Waals surface area contributed by atoms with Gasteiger partial charge in [-0.05, 0) is 19.8 Å². The fraction of sp³-hybridized carbons (Fsp3) is 0.905. The Balaban J connectivity index is 3.37. The lowest BCUT2D eigenvalue weighted by Gasteiger charge is -2.11. The van der Waals surface area contributed by atoms with E-state index in [2.05, 4.69) is 13.8 Å². The average molecular weight is 357 g/mol. The van der Waals surface area contributed by atoms with Gasteiger partial charge in [0.25, 0.3) is 0 Å². The van der Waals surface area contributed by atoms with Gasteiger partial charge >= 0.3 is 11.9 Å². The first-order valence-corrected chi connectivity index (χ1v) is 10.4. The van der Waals surface area contributed by atoms with Crippen molar-refractivity contribution in [3.8, 4) is 0 Å². The molecule has 0 rings (SSSR count). The van der Waals surface area contributed by atoms with E-state index in [-0.39, 0.29) is 30.9 Å². The maximum atomic E-state index is 11.6. The van der Waals surface area contributed by atoms with Crippen LogP contribution in [-0.2, 0) is 19.1 Å². The highest BCUT2D eigenvalue weighted by Crippen LogP contribution is 2.10. The van der Waals surface area contributed by atoms with Crippen molar-refractivity contribution in [2.75, 3.05) is 6.61 Å². The number of hydrogen-bond donors (Lipinski definition) is 0. The lowest BCUT2D eigenvalue weighted by Crippen LogP contribution is -2.16. The molecular weight excluding hydrogens is 316 g/mol. The molecule has 0 saturated carbocycles. The van der Waals surface area contributed by atoms with Crippen LogP contribution in [0, 0.1) is 0 Å². The first-order chi connectivity index (χ1) is 12.1. The zero-order valence-electron chi connectivity index (χ0n) is 16.8. The van der Waals surface area contributed by atoms with Crippen molar-refractivity contribution in [1.82, 2.24) is 0 Å². The zero-order chi connectivity index (χ0) is 18.8. The number of unbranched alkanes of at least 4 members (excludes halogenated alkanes) is 9. The maximum Gasteiger partial charge on any atom is 0.306 e. The van der Waals surface area contributed by atoms with E-state index in [4.69, 9.17) is 9.47 Å². The molecule has 0 fully saturated rings. The van der Waals surface area contributed by atoms with E-state index < -0.39 is 0 Å². The van der Waals surface area contributed by atoms with E-state index in [1.165, 1.54) is 51.4 Å². The molecule has 0 aromatic carbocycles. The number of carbonyl (C=O) groups excluding carboxylic acids is 2. The number of rotatable bonds is 17. The van der Waals surface area contributed by atoms with Gasteiger partial charge in [0.15, 0.2) is 0 Å². The van der Waals surface area contributed by atoms with E-state index in [1.54, 1.807) is 0 Å². The lowest BCUT2D eigenvalue weighted by molar-refractivity contribution is -0.153. The Morgan fingerprint density at radius 1 is 0.720 bits per heavy atom. The molecule has 0 N–H and O–H groups in total. The fourth-order valence-corrected chi connectivity index (χ4v) is 2.80. The molecule has 25 heavy (non-hydrogen) atoms. The zero-order valence-corrected chi connectivity index (χ0v) is 16.8. The molecule has 0 bridgehead atoms. The second-order valence-electron chi connectivity index (χ2n) is 6.99. The number of esters is 2. The van der Waals surface area contributed by atoms with Crippen molar-refractivity contribution in [3.05, 3.63) is 0 Å². The maximum absolute atomic E-state index is 11.6. The summed E-state index contributed by atoms with van der Waals surface area (Å²) >= 11 is 0. The van der Waals surface area contributed by atoms with E-state index >= 15 is 0 Å². The second kappa shape index (κ2) is 17.8. The third kappa shape index (κ3) is 17.6. The van der Waals surface area contributed by atoms with Crippen LogP contribution in [0.1, 0.15) is 111 Å². The molecule has 0 radical (unpaired) electrons. The minimum absolute atomic E-state index is 0.0693. The summed E-state index contributed by atoms with van der Waals surface area (Å²) in [5, 5.41) is 0. The van der Waals surface area contributed by atoms with Gasteiger partial charge in [0.05, 0.1) is 25.6 Å². The van der Waals surface area contributed by atoms with E-state index in [0.717, 1.165) is 25.7 Å². The summed E-state index contributed by atoms with van der Waals surface area (Å²) in [6.45, 7) is 6.64. The van der Waals surface area contributed by atoms with Gasteiger partial charge in [0.1, 0.15) is 0 Å². The highest BCUT2D eigenvalue weighted by atomic mass is 16.5. The molecule has 0 aromatic heterocycles. The van der Waals surface area contributed by atoms with E-state index in [9.17, 15) is 9.59 Å². The summed E-state index contributed by atoms with van der Waals surface area (Å²) in [4.78, 5) is 23.2. The molecular formula is C21H40O4. The summed E-state index contributed by atoms with van der Waals surface area (Å²) in [5.74, 6) is -0.604. The summed E-state index contributed by atoms with van der Waals surface area (Å²) in [6.07, 6.45) is 14.6. The van der Waals surface area contributed by atoms with Crippen LogP contribution in [0.4, 0.5) is 0 Å². The third-order valence-electron chi connectivity index (χ3n) is 4.32. The van der Waals surface area contributed by atoms with Crippen LogP contribution in [-0.4, -0.2) is 24.6 Å². The molecule has 1 atom stereocenters. The van der Waals surface area contributed by atoms with Gasteiger partial charge in [-0.1, -0.05) is 78.1 Å². The molecule has 0 amide bonds. The molecule has 0 saturated heterocycles. The number of carbonyl (C=O) groups is 2. The molecule has 0 spiro atoms. The third-order valence-corrected chi connectivity index (χ3v) is 4.32.